The largest absolute Gasteiger partial charge is 0.496 e. The molecule has 1 unspecified atom stereocenters. The molecule has 0 aliphatic carbocycles. The molecule has 5 heteroatoms. The molecule has 1 aromatic carbocycles. The van der Waals surface area contributed by atoms with Gasteiger partial charge in [0.25, 0.3) is 0 Å². The molecule has 0 aliphatic rings. The molecule has 20 heavy (non-hydrogen) atoms. The minimum absolute atomic E-state index is 0.578. The van der Waals surface area contributed by atoms with Crippen molar-refractivity contribution in [2.45, 2.75) is 26.5 Å². The van der Waals surface area contributed by atoms with E-state index in [0.717, 1.165) is 23.5 Å². The Morgan fingerprint density at radius 1 is 1.45 bits per heavy atom. The van der Waals surface area contributed by atoms with Gasteiger partial charge in [0, 0.05) is 23.2 Å². The number of aliphatic hydroxyl groups excluding tert-OH is 1. The number of benzene rings is 1. The highest BCUT2D eigenvalue weighted by Gasteiger charge is 2.17. The summed E-state index contributed by atoms with van der Waals surface area (Å²) in [6.07, 6.45) is -0.578. The van der Waals surface area contributed by atoms with Crippen LogP contribution in [0.2, 0.25) is 0 Å². The van der Waals surface area contributed by atoms with Gasteiger partial charge in [-0.1, -0.05) is 6.07 Å². The number of hydrogen-bond acceptors (Lipinski definition) is 5. The summed E-state index contributed by atoms with van der Waals surface area (Å²) in [5.41, 5.74) is 4.72. The maximum absolute atomic E-state index is 10.0. The van der Waals surface area contributed by atoms with Gasteiger partial charge in [0.1, 0.15) is 5.75 Å². The molecule has 0 spiro atoms. The average molecular weight is 292 g/mol. The average Bonchev–Trinajstić information content (AvgIpc) is 2.83. The number of aryl methyl sites for hydroxylation is 1. The molecular weight excluding hydrogens is 272 g/mol. The van der Waals surface area contributed by atoms with E-state index in [1.165, 1.54) is 4.88 Å². The summed E-state index contributed by atoms with van der Waals surface area (Å²) in [7, 11) is 3.64. The van der Waals surface area contributed by atoms with Crippen molar-refractivity contribution in [1.82, 2.24) is 4.98 Å². The third-order valence-corrected chi connectivity index (χ3v) is 4.24. The van der Waals surface area contributed by atoms with Crippen LogP contribution in [0.25, 0.3) is 0 Å². The van der Waals surface area contributed by atoms with Crippen LogP contribution in [0.1, 0.15) is 29.2 Å². The SMILES string of the molecule is COc1cccc(N(C)Cc2scnc2C)c1C(C)O. The third kappa shape index (κ3) is 2.94. The van der Waals surface area contributed by atoms with Crippen molar-refractivity contribution in [3.05, 3.63) is 39.8 Å². The van der Waals surface area contributed by atoms with E-state index in [0.29, 0.717) is 5.75 Å². The van der Waals surface area contributed by atoms with E-state index in [1.54, 1.807) is 25.4 Å². The van der Waals surface area contributed by atoms with Crippen molar-refractivity contribution in [3.63, 3.8) is 0 Å². The molecule has 0 amide bonds. The standard InChI is InChI=1S/C15H20N2O2S/c1-10-14(20-9-16-10)8-17(3)12-6-5-7-13(19-4)15(12)11(2)18/h5-7,9,11,18H,8H2,1-4H3. The number of aliphatic hydroxyl groups is 1. The quantitative estimate of drug-likeness (QED) is 0.919. The van der Waals surface area contributed by atoms with Gasteiger partial charge in [-0.2, -0.15) is 0 Å². The highest BCUT2D eigenvalue weighted by Crippen LogP contribution is 2.35. The summed E-state index contributed by atoms with van der Waals surface area (Å²) in [5.74, 6) is 0.713. The van der Waals surface area contributed by atoms with Crippen molar-refractivity contribution in [2.75, 3.05) is 19.1 Å². The van der Waals surface area contributed by atoms with Crippen molar-refractivity contribution >= 4 is 17.0 Å². The Kier molecular flexibility index (Phi) is 4.62. The number of anilines is 1. The van der Waals surface area contributed by atoms with Crippen molar-refractivity contribution < 1.29 is 9.84 Å². The lowest BCUT2D eigenvalue weighted by atomic mass is 10.1. The predicted molar refractivity (Wildman–Crippen MR) is 82.6 cm³/mol. The maximum Gasteiger partial charge on any atom is 0.126 e. The second kappa shape index (κ2) is 6.24. The highest BCUT2D eigenvalue weighted by atomic mass is 32.1. The van der Waals surface area contributed by atoms with Crippen LogP contribution in [-0.4, -0.2) is 24.2 Å². The predicted octanol–water partition coefficient (Wildman–Crippen LogP) is 3.15. The Labute approximate surface area is 123 Å². The molecule has 1 N–H and O–H groups in total. The van der Waals surface area contributed by atoms with Gasteiger partial charge in [0.2, 0.25) is 0 Å². The lowest BCUT2D eigenvalue weighted by Crippen LogP contribution is -2.19. The van der Waals surface area contributed by atoms with Gasteiger partial charge in [-0.05, 0) is 26.0 Å². The molecule has 1 aromatic heterocycles. The monoisotopic (exact) mass is 292 g/mol. The summed E-state index contributed by atoms with van der Waals surface area (Å²) in [6, 6.07) is 5.81. The van der Waals surface area contributed by atoms with E-state index in [4.69, 9.17) is 4.74 Å². The smallest absolute Gasteiger partial charge is 0.126 e. The molecule has 1 heterocycles. The van der Waals surface area contributed by atoms with Gasteiger partial charge < -0.3 is 14.7 Å². The summed E-state index contributed by atoms with van der Waals surface area (Å²) >= 11 is 1.65. The summed E-state index contributed by atoms with van der Waals surface area (Å²) in [4.78, 5) is 7.62. The number of ether oxygens (including phenoxy) is 1. The van der Waals surface area contributed by atoms with Crippen LogP contribution >= 0.6 is 11.3 Å². The summed E-state index contributed by atoms with van der Waals surface area (Å²) in [5, 5.41) is 10.0. The molecule has 0 radical (unpaired) electrons. The Balaban J connectivity index is 2.34. The maximum atomic E-state index is 10.0. The molecule has 4 nitrogen and oxygen atoms in total. The molecule has 1 atom stereocenters. The highest BCUT2D eigenvalue weighted by molar-refractivity contribution is 7.09. The first kappa shape index (κ1) is 14.8. The minimum Gasteiger partial charge on any atom is -0.496 e. The zero-order valence-corrected chi connectivity index (χ0v) is 13.1. The third-order valence-electron chi connectivity index (χ3n) is 3.32. The second-order valence-electron chi connectivity index (χ2n) is 4.79. The first-order valence-electron chi connectivity index (χ1n) is 6.49. The molecule has 2 aromatic rings. The Bertz CT molecular complexity index is 581. The Morgan fingerprint density at radius 3 is 2.75 bits per heavy atom. The van der Waals surface area contributed by atoms with Gasteiger partial charge in [0.05, 0.1) is 31.0 Å². The van der Waals surface area contributed by atoms with E-state index in [1.807, 2.05) is 37.7 Å². The van der Waals surface area contributed by atoms with Crippen molar-refractivity contribution in [1.29, 1.82) is 0 Å². The van der Waals surface area contributed by atoms with E-state index >= 15 is 0 Å². The molecule has 0 saturated heterocycles. The topological polar surface area (TPSA) is 45.6 Å². The van der Waals surface area contributed by atoms with Gasteiger partial charge in [-0.25, -0.2) is 4.98 Å². The molecule has 0 saturated carbocycles. The van der Waals surface area contributed by atoms with Gasteiger partial charge in [0.15, 0.2) is 0 Å². The van der Waals surface area contributed by atoms with E-state index < -0.39 is 6.10 Å². The van der Waals surface area contributed by atoms with E-state index in [2.05, 4.69) is 9.88 Å². The Morgan fingerprint density at radius 2 is 2.20 bits per heavy atom. The first-order valence-corrected chi connectivity index (χ1v) is 7.37. The number of methoxy groups -OCH3 is 1. The fourth-order valence-corrected chi connectivity index (χ4v) is 3.07. The fraction of sp³-hybridized carbons (Fsp3) is 0.400. The summed E-state index contributed by atoms with van der Waals surface area (Å²) < 4.78 is 5.36. The number of nitrogens with zero attached hydrogens (tertiary/aromatic N) is 2. The van der Waals surface area contributed by atoms with Gasteiger partial charge in [-0.3, -0.25) is 0 Å². The van der Waals surface area contributed by atoms with Crippen LogP contribution in [0.4, 0.5) is 5.69 Å². The minimum atomic E-state index is -0.578. The first-order chi connectivity index (χ1) is 9.54. The molecule has 108 valence electrons. The molecule has 0 bridgehead atoms. The lowest BCUT2D eigenvalue weighted by molar-refractivity contribution is 0.194. The second-order valence-corrected chi connectivity index (χ2v) is 5.73. The van der Waals surface area contributed by atoms with Crippen LogP contribution < -0.4 is 9.64 Å². The van der Waals surface area contributed by atoms with Crippen LogP contribution in [-0.2, 0) is 6.54 Å². The molecule has 0 fully saturated rings. The number of hydrogen-bond donors (Lipinski definition) is 1. The normalized spacial score (nSPS) is 12.2. The fourth-order valence-electron chi connectivity index (χ4n) is 2.24. The van der Waals surface area contributed by atoms with Gasteiger partial charge >= 0.3 is 0 Å². The molecular formula is C15H20N2O2S. The van der Waals surface area contributed by atoms with Crippen LogP contribution in [0, 0.1) is 6.92 Å². The Hall–Kier alpha value is -1.59. The number of aromatic nitrogens is 1. The van der Waals surface area contributed by atoms with Crippen LogP contribution in [0.15, 0.2) is 23.7 Å². The summed E-state index contributed by atoms with van der Waals surface area (Å²) in [6.45, 7) is 4.54. The number of rotatable bonds is 5. The lowest BCUT2D eigenvalue weighted by Gasteiger charge is -2.24. The van der Waals surface area contributed by atoms with Crippen LogP contribution in [0.5, 0.6) is 5.75 Å². The van der Waals surface area contributed by atoms with Crippen molar-refractivity contribution in [2.24, 2.45) is 0 Å². The molecule has 2 rings (SSSR count). The van der Waals surface area contributed by atoms with Crippen molar-refractivity contribution in [3.8, 4) is 5.75 Å². The van der Waals surface area contributed by atoms with E-state index in [9.17, 15) is 5.11 Å². The van der Waals surface area contributed by atoms with Crippen LogP contribution in [0.3, 0.4) is 0 Å². The molecule has 0 aliphatic heterocycles. The zero-order valence-electron chi connectivity index (χ0n) is 12.3. The number of thiazole rings is 1. The van der Waals surface area contributed by atoms with E-state index in [-0.39, 0.29) is 0 Å². The van der Waals surface area contributed by atoms with Gasteiger partial charge in [-0.15, -0.1) is 11.3 Å². The zero-order chi connectivity index (χ0) is 14.7.